The van der Waals surface area contributed by atoms with Gasteiger partial charge >= 0.3 is 5.97 Å². The van der Waals surface area contributed by atoms with Crippen molar-refractivity contribution in [2.45, 2.75) is 36.6 Å². The van der Waals surface area contributed by atoms with Crippen molar-refractivity contribution in [2.24, 2.45) is 0 Å². The summed E-state index contributed by atoms with van der Waals surface area (Å²) in [6, 6.07) is 7.27. The first-order valence-corrected chi connectivity index (χ1v) is 10.3. The highest BCUT2D eigenvalue weighted by Gasteiger charge is 2.19. The van der Waals surface area contributed by atoms with E-state index in [9.17, 15) is 9.59 Å². The number of nitrogens with one attached hydrogen (secondary N) is 1. The second-order valence-corrected chi connectivity index (χ2v) is 8.29. The smallest absolute Gasteiger partial charge is 0.337 e. The maximum atomic E-state index is 12.5. The Labute approximate surface area is 158 Å². The van der Waals surface area contributed by atoms with Crippen molar-refractivity contribution >= 4 is 39.3 Å². The van der Waals surface area contributed by atoms with Crippen LogP contribution in [-0.4, -0.2) is 23.0 Å². The van der Waals surface area contributed by atoms with E-state index in [0.717, 1.165) is 35.0 Å². The molecule has 0 saturated carbocycles. The molecule has 0 aliphatic heterocycles. The fraction of sp³-hybridized carbons (Fsp3) is 0.316. The maximum Gasteiger partial charge on any atom is 0.337 e. The summed E-state index contributed by atoms with van der Waals surface area (Å²) in [5.41, 5.74) is 2.76. The lowest BCUT2D eigenvalue weighted by Crippen LogP contribution is -2.10. The minimum Gasteiger partial charge on any atom is -0.465 e. The fourth-order valence-corrected chi connectivity index (χ4v) is 5.36. The lowest BCUT2D eigenvalue weighted by molar-refractivity contribution is 0.0600. The first-order chi connectivity index (χ1) is 12.7. The molecule has 0 radical (unpaired) electrons. The van der Waals surface area contributed by atoms with Crippen LogP contribution in [0.3, 0.4) is 0 Å². The van der Waals surface area contributed by atoms with Crippen molar-refractivity contribution in [3.05, 3.63) is 56.2 Å². The third-order valence-corrected chi connectivity index (χ3v) is 6.68. The number of nitrogens with zero attached hydrogens (tertiary/aromatic N) is 1. The number of ether oxygens (including phenoxy) is 1. The zero-order chi connectivity index (χ0) is 18.1. The van der Waals surface area contributed by atoms with Crippen LogP contribution < -0.4 is 5.56 Å². The quantitative estimate of drug-likeness (QED) is 0.418. The van der Waals surface area contributed by atoms with E-state index in [1.165, 1.54) is 35.7 Å². The van der Waals surface area contributed by atoms with Gasteiger partial charge in [-0.3, -0.25) is 4.79 Å². The van der Waals surface area contributed by atoms with Crippen LogP contribution in [0.5, 0.6) is 0 Å². The normalized spacial score (nSPS) is 13.6. The van der Waals surface area contributed by atoms with Crippen LogP contribution in [0.25, 0.3) is 10.2 Å². The second kappa shape index (κ2) is 7.25. The summed E-state index contributed by atoms with van der Waals surface area (Å²) in [5.74, 6) is 0.323. The minimum absolute atomic E-state index is 0.0297. The number of hydrogen-bond acceptors (Lipinski definition) is 6. The van der Waals surface area contributed by atoms with Gasteiger partial charge in [-0.25, -0.2) is 9.78 Å². The molecule has 1 aliphatic carbocycles. The third-order valence-electron chi connectivity index (χ3n) is 4.55. The molecule has 2 heterocycles. The molecule has 7 heteroatoms. The number of esters is 1. The van der Waals surface area contributed by atoms with E-state index in [1.807, 2.05) is 12.1 Å². The first kappa shape index (κ1) is 17.3. The number of H-pyrrole nitrogens is 1. The molecule has 0 spiro atoms. The Balaban J connectivity index is 1.54. The largest absolute Gasteiger partial charge is 0.465 e. The summed E-state index contributed by atoms with van der Waals surface area (Å²) < 4.78 is 4.70. The van der Waals surface area contributed by atoms with Gasteiger partial charge in [-0.2, -0.15) is 0 Å². The number of carbonyl (C=O) groups is 1. The summed E-state index contributed by atoms with van der Waals surface area (Å²) in [5, 5.41) is 1.43. The molecule has 3 aromatic rings. The zero-order valence-electron chi connectivity index (χ0n) is 14.3. The van der Waals surface area contributed by atoms with E-state index in [1.54, 1.807) is 23.5 Å². The van der Waals surface area contributed by atoms with Crippen molar-refractivity contribution in [2.75, 3.05) is 7.11 Å². The number of methoxy groups -OCH3 is 1. The Bertz CT molecular complexity index is 1020. The van der Waals surface area contributed by atoms with Crippen molar-refractivity contribution in [1.29, 1.82) is 0 Å². The number of benzene rings is 1. The minimum atomic E-state index is -0.345. The van der Waals surface area contributed by atoms with Crippen molar-refractivity contribution in [3.63, 3.8) is 0 Å². The summed E-state index contributed by atoms with van der Waals surface area (Å²) >= 11 is 3.15. The number of rotatable bonds is 4. The van der Waals surface area contributed by atoms with E-state index in [0.29, 0.717) is 16.5 Å². The zero-order valence-corrected chi connectivity index (χ0v) is 16.0. The van der Waals surface area contributed by atoms with Crippen molar-refractivity contribution in [1.82, 2.24) is 9.97 Å². The number of aromatic nitrogens is 2. The number of hydrogen-bond donors (Lipinski definition) is 1. The molecular weight excluding hydrogens is 368 g/mol. The molecule has 0 saturated heterocycles. The van der Waals surface area contributed by atoms with Gasteiger partial charge in [0.05, 0.1) is 18.1 Å². The molecule has 1 N–H and O–H groups in total. The molecule has 0 amide bonds. The SMILES string of the molecule is COC(=O)c1ccc(CSc2nc3sc4c(c3c(=O)[nH]2)CCCC4)cc1. The van der Waals surface area contributed by atoms with Gasteiger partial charge in [0.15, 0.2) is 5.16 Å². The number of fused-ring (bicyclic) bond motifs is 3. The van der Waals surface area contributed by atoms with Crippen molar-refractivity contribution < 1.29 is 9.53 Å². The number of carbonyl (C=O) groups excluding carboxylic acids is 1. The number of aryl methyl sites for hydroxylation is 2. The third kappa shape index (κ3) is 3.29. The van der Waals surface area contributed by atoms with E-state index in [2.05, 4.69) is 9.97 Å². The van der Waals surface area contributed by atoms with Gasteiger partial charge in [0.25, 0.3) is 5.56 Å². The van der Waals surface area contributed by atoms with Crippen LogP contribution in [0.4, 0.5) is 0 Å². The molecule has 5 nitrogen and oxygen atoms in total. The Hall–Kier alpha value is -2.12. The average molecular weight is 386 g/mol. The molecular formula is C19H18N2O3S2. The number of thioether (sulfide) groups is 1. The predicted molar refractivity (Wildman–Crippen MR) is 104 cm³/mol. The number of thiophene rings is 1. The molecule has 0 unspecified atom stereocenters. The molecule has 1 aliphatic rings. The van der Waals surface area contributed by atoms with Crippen LogP contribution in [0, 0.1) is 0 Å². The Morgan fingerprint density at radius 1 is 1.27 bits per heavy atom. The monoisotopic (exact) mass is 386 g/mol. The Morgan fingerprint density at radius 3 is 2.81 bits per heavy atom. The lowest BCUT2D eigenvalue weighted by atomic mass is 9.97. The van der Waals surface area contributed by atoms with E-state index in [-0.39, 0.29) is 11.5 Å². The van der Waals surface area contributed by atoms with Gasteiger partial charge in [0.2, 0.25) is 0 Å². The molecule has 4 rings (SSSR count). The summed E-state index contributed by atoms with van der Waals surface area (Å²) in [7, 11) is 1.37. The van der Waals surface area contributed by atoms with Gasteiger partial charge in [0, 0.05) is 10.6 Å². The summed E-state index contributed by atoms with van der Waals surface area (Å²) in [4.78, 5) is 33.8. The van der Waals surface area contributed by atoms with Crippen LogP contribution in [0.2, 0.25) is 0 Å². The van der Waals surface area contributed by atoms with Crippen LogP contribution >= 0.6 is 23.1 Å². The topological polar surface area (TPSA) is 72.0 Å². The van der Waals surface area contributed by atoms with Gasteiger partial charge in [-0.15, -0.1) is 11.3 Å². The van der Waals surface area contributed by atoms with Gasteiger partial charge in [-0.05, 0) is 48.9 Å². The molecule has 0 fully saturated rings. The fourth-order valence-electron chi connectivity index (χ4n) is 3.22. The molecule has 134 valence electrons. The van der Waals surface area contributed by atoms with Gasteiger partial charge in [-0.1, -0.05) is 23.9 Å². The predicted octanol–water partition coefficient (Wildman–Crippen LogP) is 3.94. The van der Waals surface area contributed by atoms with Crippen LogP contribution in [0.1, 0.15) is 39.2 Å². The highest BCUT2D eigenvalue weighted by molar-refractivity contribution is 7.98. The standard InChI is InChI=1S/C19H18N2O3S2/c1-24-18(23)12-8-6-11(7-9-12)10-25-19-20-16(22)15-13-4-2-3-5-14(13)26-17(15)21-19/h6-9H,2-5,10H2,1H3,(H,20,21,22). The Kier molecular flexibility index (Phi) is 4.82. The lowest BCUT2D eigenvalue weighted by Gasteiger charge is -2.09. The molecule has 0 atom stereocenters. The van der Waals surface area contributed by atoms with Crippen LogP contribution in [0.15, 0.2) is 34.2 Å². The maximum absolute atomic E-state index is 12.5. The molecule has 1 aromatic carbocycles. The molecule has 2 aromatic heterocycles. The average Bonchev–Trinajstić information content (AvgIpc) is 3.05. The highest BCUT2D eigenvalue weighted by atomic mass is 32.2. The van der Waals surface area contributed by atoms with Crippen LogP contribution in [-0.2, 0) is 23.3 Å². The van der Waals surface area contributed by atoms with E-state index in [4.69, 9.17) is 4.74 Å². The summed E-state index contributed by atoms with van der Waals surface area (Å²) in [6.45, 7) is 0. The molecule has 26 heavy (non-hydrogen) atoms. The molecule has 0 bridgehead atoms. The summed E-state index contributed by atoms with van der Waals surface area (Å²) in [6.07, 6.45) is 4.39. The Morgan fingerprint density at radius 2 is 2.04 bits per heavy atom. The van der Waals surface area contributed by atoms with E-state index >= 15 is 0 Å². The van der Waals surface area contributed by atoms with Crippen molar-refractivity contribution in [3.8, 4) is 0 Å². The van der Waals surface area contributed by atoms with E-state index < -0.39 is 0 Å². The second-order valence-electron chi connectivity index (χ2n) is 6.24. The number of aromatic amines is 1. The van der Waals surface area contributed by atoms with Gasteiger partial charge < -0.3 is 9.72 Å². The highest BCUT2D eigenvalue weighted by Crippen LogP contribution is 2.34. The van der Waals surface area contributed by atoms with Gasteiger partial charge in [0.1, 0.15) is 4.83 Å². The first-order valence-electron chi connectivity index (χ1n) is 8.50.